The Bertz CT molecular complexity index is 132. The largest absolute Gasteiger partial charge is 0.516 e. The fourth-order valence-corrected chi connectivity index (χ4v) is 0.636. The molecule has 0 bridgehead atoms. The van der Waals surface area contributed by atoms with Crippen LogP contribution in [0.3, 0.4) is 0 Å². The van der Waals surface area contributed by atoms with E-state index in [9.17, 15) is 0 Å². The predicted molar refractivity (Wildman–Crippen MR) is 33.1 cm³/mol. The van der Waals surface area contributed by atoms with Gasteiger partial charge >= 0.3 is 0 Å². The minimum Gasteiger partial charge on any atom is -0.516 e. The van der Waals surface area contributed by atoms with Crippen molar-refractivity contribution in [2.75, 3.05) is 19.6 Å². The van der Waals surface area contributed by atoms with Crippen LogP contribution in [0.1, 0.15) is 0 Å². The molecule has 0 spiro atoms. The number of rotatable bonds is 2. The van der Waals surface area contributed by atoms with Crippen molar-refractivity contribution in [3.05, 3.63) is 12.3 Å². The zero-order chi connectivity index (χ0) is 6.53. The molecule has 1 aliphatic heterocycles. The van der Waals surface area contributed by atoms with Crippen LogP contribution in [0.4, 0.5) is 0 Å². The van der Waals surface area contributed by atoms with Crippen LogP contribution in [0, 0.1) is 0 Å². The van der Waals surface area contributed by atoms with E-state index in [0.717, 1.165) is 19.4 Å². The molecule has 9 heavy (non-hydrogen) atoms. The van der Waals surface area contributed by atoms with Gasteiger partial charge in [0.25, 0.3) is 0 Å². The first kappa shape index (κ1) is 6.07. The van der Waals surface area contributed by atoms with Crippen LogP contribution in [0.15, 0.2) is 22.7 Å². The van der Waals surface area contributed by atoms with Crippen molar-refractivity contribution in [1.82, 2.24) is 5.01 Å². The molecule has 0 unspecified atom stereocenters. The van der Waals surface area contributed by atoms with Gasteiger partial charge in [-0.05, 0) is 6.08 Å². The van der Waals surface area contributed by atoms with E-state index in [1.165, 1.54) is 0 Å². The van der Waals surface area contributed by atoms with Gasteiger partial charge in [-0.3, -0.25) is 5.01 Å². The number of aliphatic hydroxyl groups is 1. The maximum atomic E-state index is 8.25. The standard InChI is InChI=1S/C5H9N3O/c9-5-1-3-8-4-2-6-7-8/h1,5,9H,2-4H2. The fourth-order valence-electron chi connectivity index (χ4n) is 0.636. The second kappa shape index (κ2) is 3.06. The van der Waals surface area contributed by atoms with Crippen LogP contribution in [0.5, 0.6) is 0 Å². The van der Waals surface area contributed by atoms with E-state index in [4.69, 9.17) is 5.11 Å². The van der Waals surface area contributed by atoms with Gasteiger partial charge in [0, 0.05) is 0 Å². The van der Waals surface area contributed by atoms with E-state index < -0.39 is 0 Å². The van der Waals surface area contributed by atoms with Gasteiger partial charge in [-0.25, -0.2) is 0 Å². The van der Waals surface area contributed by atoms with E-state index in [1.807, 2.05) is 0 Å². The summed E-state index contributed by atoms with van der Waals surface area (Å²) in [5, 5.41) is 17.6. The molecular formula is C5H9N3O. The van der Waals surface area contributed by atoms with Gasteiger partial charge in [0.1, 0.15) is 0 Å². The molecule has 1 rings (SSSR count). The lowest BCUT2D eigenvalue weighted by atomic mass is 10.5. The van der Waals surface area contributed by atoms with Gasteiger partial charge in [-0.1, -0.05) is 5.22 Å². The Hall–Kier alpha value is -1.06. The van der Waals surface area contributed by atoms with Crippen LogP contribution >= 0.6 is 0 Å². The van der Waals surface area contributed by atoms with Crippen LogP contribution in [-0.2, 0) is 0 Å². The highest BCUT2D eigenvalue weighted by Gasteiger charge is 2.02. The molecule has 0 aliphatic carbocycles. The van der Waals surface area contributed by atoms with Gasteiger partial charge < -0.3 is 5.11 Å². The molecule has 0 aromatic heterocycles. The molecule has 4 nitrogen and oxygen atoms in total. The van der Waals surface area contributed by atoms with E-state index in [1.54, 1.807) is 11.1 Å². The fraction of sp³-hybridized carbons (Fsp3) is 0.600. The highest BCUT2D eigenvalue weighted by atomic mass is 16.2. The highest BCUT2D eigenvalue weighted by molar-refractivity contribution is 4.76. The first-order chi connectivity index (χ1) is 4.43. The third-order valence-corrected chi connectivity index (χ3v) is 1.07. The molecule has 0 aromatic rings. The number of hydrogen-bond acceptors (Lipinski definition) is 4. The molecule has 4 heteroatoms. The predicted octanol–water partition coefficient (Wildman–Crippen LogP) is 0.741. The summed E-state index contributed by atoms with van der Waals surface area (Å²) in [5.41, 5.74) is 0. The Labute approximate surface area is 53.5 Å². The maximum Gasteiger partial charge on any atom is 0.0813 e. The molecule has 1 heterocycles. The van der Waals surface area contributed by atoms with Crippen LogP contribution in [0.2, 0.25) is 0 Å². The Morgan fingerprint density at radius 2 is 2.56 bits per heavy atom. The van der Waals surface area contributed by atoms with Crippen LogP contribution in [-0.4, -0.2) is 29.7 Å². The van der Waals surface area contributed by atoms with Gasteiger partial charge in [0.05, 0.1) is 25.9 Å². The molecule has 0 saturated carbocycles. The summed E-state index contributed by atoms with van der Waals surface area (Å²) in [5.74, 6) is 0. The van der Waals surface area contributed by atoms with Gasteiger partial charge in [0.15, 0.2) is 0 Å². The maximum absolute atomic E-state index is 8.25. The molecule has 0 radical (unpaired) electrons. The average molecular weight is 127 g/mol. The van der Waals surface area contributed by atoms with Crippen molar-refractivity contribution in [1.29, 1.82) is 0 Å². The molecule has 1 N–H and O–H groups in total. The summed E-state index contributed by atoms with van der Waals surface area (Å²) < 4.78 is 0. The van der Waals surface area contributed by atoms with Crippen molar-refractivity contribution >= 4 is 0 Å². The number of aliphatic hydroxyl groups excluding tert-OH is 1. The molecular weight excluding hydrogens is 118 g/mol. The first-order valence-electron chi connectivity index (χ1n) is 2.85. The quantitative estimate of drug-likeness (QED) is 0.556. The topological polar surface area (TPSA) is 48.2 Å². The van der Waals surface area contributed by atoms with E-state index >= 15 is 0 Å². The van der Waals surface area contributed by atoms with Gasteiger partial charge in [-0.15, -0.1) is 0 Å². The van der Waals surface area contributed by atoms with E-state index in [-0.39, 0.29) is 0 Å². The third-order valence-electron chi connectivity index (χ3n) is 1.07. The highest BCUT2D eigenvalue weighted by Crippen LogP contribution is 1.98. The minimum absolute atomic E-state index is 0.653. The Kier molecular flexibility index (Phi) is 2.06. The molecule has 0 aromatic carbocycles. The molecule has 0 fully saturated rings. The second-order valence-corrected chi connectivity index (χ2v) is 1.75. The summed E-state index contributed by atoms with van der Waals surface area (Å²) >= 11 is 0. The van der Waals surface area contributed by atoms with Crippen LogP contribution < -0.4 is 0 Å². The summed E-state index contributed by atoms with van der Waals surface area (Å²) in [6, 6.07) is 0. The zero-order valence-electron chi connectivity index (χ0n) is 5.06. The SMILES string of the molecule is OC=CCN1CCN=N1. The van der Waals surface area contributed by atoms with E-state index in [2.05, 4.69) is 10.3 Å². The molecule has 0 amide bonds. The molecule has 50 valence electrons. The Morgan fingerprint density at radius 3 is 3.11 bits per heavy atom. The summed E-state index contributed by atoms with van der Waals surface area (Å²) in [6.07, 6.45) is 2.65. The smallest absolute Gasteiger partial charge is 0.0813 e. The molecule has 0 saturated heterocycles. The number of nitrogens with zero attached hydrogens (tertiary/aromatic N) is 3. The normalized spacial score (nSPS) is 18.0. The Morgan fingerprint density at radius 1 is 1.67 bits per heavy atom. The third kappa shape index (κ3) is 1.71. The minimum atomic E-state index is 0.653. The lowest BCUT2D eigenvalue weighted by Crippen LogP contribution is -2.14. The molecule has 1 aliphatic rings. The van der Waals surface area contributed by atoms with Crippen molar-refractivity contribution < 1.29 is 5.11 Å². The first-order valence-corrected chi connectivity index (χ1v) is 2.85. The van der Waals surface area contributed by atoms with Crippen molar-refractivity contribution in [2.45, 2.75) is 0 Å². The van der Waals surface area contributed by atoms with Crippen molar-refractivity contribution in [2.24, 2.45) is 10.3 Å². The van der Waals surface area contributed by atoms with Crippen LogP contribution in [0.25, 0.3) is 0 Å². The summed E-state index contributed by atoms with van der Waals surface area (Å²) in [4.78, 5) is 0. The number of hydrogen-bond donors (Lipinski definition) is 1. The summed E-state index contributed by atoms with van der Waals surface area (Å²) in [7, 11) is 0. The average Bonchev–Trinajstić information content (AvgIpc) is 2.34. The van der Waals surface area contributed by atoms with Crippen molar-refractivity contribution in [3.63, 3.8) is 0 Å². The second-order valence-electron chi connectivity index (χ2n) is 1.75. The lowest BCUT2D eigenvalue weighted by Gasteiger charge is -2.05. The monoisotopic (exact) mass is 127 g/mol. The van der Waals surface area contributed by atoms with Crippen molar-refractivity contribution in [3.8, 4) is 0 Å². The lowest BCUT2D eigenvalue weighted by molar-refractivity contribution is 0.350. The van der Waals surface area contributed by atoms with E-state index in [0.29, 0.717) is 6.54 Å². The van der Waals surface area contributed by atoms with Gasteiger partial charge in [-0.2, -0.15) is 5.11 Å². The zero-order valence-corrected chi connectivity index (χ0v) is 5.06. The Balaban J connectivity index is 2.20. The van der Waals surface area contributed by atoms with Gasteiger partial charge in [0.2, 0.25) is 0 Å². The molecule has 0 atom stereocenters. The summed E-state index contributed by atoms with van der Waals surface area (Å²) in [6.45, 7) is 2.30.